The predicted molar refractivity (Wildman–Crippen MR) is 69.6 cm³/mol. The molecular formula is C11H18BrNOS. The lowest BCUT2D eigenvalue weighted by molar-refractivity contribution is 0.0807. The first-order chi connectivity index (χ1) is 7.09. The fraction of sp³-hybridized carbons (Fsp3) is 0.636. The molecule has 15 heavy (non-hydrogen) atoms. The molecule has 4 heteroatoms. The van der Waals surface area contributed by atoms with E-state index in [1.54, 1.807) is 0 Å². The third-order valence-electron chi connectivity index (χ3n) is 1.94. The second-order valence-corrected chi connectivity index (χ2v) is 5.91. The molecule has 0 radical (unpaired) electrons. The second-order valence-electron chi connectivity index (χ2n) is 3.71. The lowest BCUT2D eigenvalue weighted by Crippen LogP contribution is -2.20. The summed E-state index contributed by atoms with van der Waals surface area (Å²) in [7, 11) is 0. The van der Waals surface area contributed by atoms with Gasteiger partial charge in [-0.05, 0) is 42.8 Å². The van der Waals surface area contributed by atoms with Gasteiger partial charge in [-0.3, -0.25) is 0 Å². The zero-order chi connectivity index (χ0) is 11.3. The molecule has 0 aliphatic rings. The molecule has 1 aromatic heterocycles. The van der Waals surface area contributed by atoms with Crippen molar-refractivity contribution in [2.24, 2.45) is 0 Å². The largest absolute Gasteiger partial charge is 0.377 e. The molecule has 0 amide bonds. The van der Waals surface area contributed by atoms with E-state index in [1.807, 2.05) is 11.3 Å². The number of nitrogens with one attached hydrogen (secondary N) is 1. The molecule has 1 N–H and O–H groups in total. The van der Waals surface area contributed by atoms with Crippen LogP contribution in [0.5, 0.6) is 0 Å². The second kappa shape index (κ2) is 6.63. The van der Waals surface area contributed by atoms with Crippen LogP contribution in [0.25, 0.3) is 0 Å². The minimum atomic E-state index is 0.324. The molecule has 0 spiro atoms. The SMILES string of the molecule is Cc1sc(CNCCOC(C)C)cc1Br. The van der Waals surface area contributed by atoms with E-state index in [4.69, 9.17) is 4.74 Å². The smallest absolute Gasteiger partial charge is 0.0594 e. The van der Waals surface area contributed by atoms with Crippen molar-refractivity contribution >= 4 is 27.3 Å². The molecule has 0 aliphatic heterocycles. The maximum Gasteiger partial charge on any atom is 0.0594 e. The highest BCUT2D eigenvalue weighted by atomic mass is 79.9. The van der Waals surface area contributed by atoms with Crippen molar-refractivity contribution in [1.82, 2.24) is 5.32 Å². The van der Waals surface area contributed by atoms with Gasteiger partial charge in [0.2, 0.25) is 0 Å². The minimum Gasteiger partial charge on any atom is -0.377 e. The average Bonchev–Trinajstić information content (AvgIpc) is 2.45. The van der Waals surface area contributed by atoms with E-state index in [0.717, 1.165) is 19.7 Å². The highest BCUT2D eigenvalue weighted by Crippen LogP contribution is 2.25. The Morgan fingerprint density at radius 2 is 2.27 bits per heavy atom. The Bertz CT molecular complexity index is 279. The quantitative estimate of drug-likeness (QED) is 0.812. The molecule has 0 bridgehead atoms. The van der Waals surface area contributed by atoms with Crippen LogP contribution in [0.4, 0.5) is 0 Å². The Balaban J connectivity index is 2.15. The van der Waals surface area contributed by atoms with Gasteiger partial charge in [0, 0.05) is 27.3 Å². The lowest BCUT2D eigenvalue weighted by atomic mass is 10.4. The summed E-state index contributed by atoms with van der Waals surface area (Å²) in [5, 5.41) is 3.36. The molecule has 0 unspecified atom stereocenters. The van der Waals surface area contributed by atoms with Gasteiger partial charge in [-0.25, -0.2) is 0 Å². The number of hydrogen-bond acceptors (Lipinski definition) is 3. The van der Waals surface area contributed by atoms with Gasteiger partial charge in [0.1, 0.15) is 0 Å². The number of rotatable bonds is 6. The van der Waals surface area contributed by atoms with Gasteiger partial charge in [-0.1, -0.05) is 0 Å². The third kappa shape index (κ3) is 5.11. The van der Waals surface area contributed by atoms with E-state index in [-0.39, 0.29) is 0 Å². The Hall–Kier alpha value is 0.100. The molecule has 1 heterocycles. The van der Waals surface area contributed by atoms with Crippen LogP contribution in [0.15, 0.2) is 10.5 Å². The highest BCUT2D eigenvalue weighted by Gasteiger charge is 2.01. The van der Waals surface area contributed by atoms with Crippen molar-refractivity contribution in [1.29, 1.82) is 0 Å². The Labute approximate surface area is 104 Å². The van der Waals surface area contributed by atoms with Crippen molar-refractivity contribution in [3.63, 3.8) is 0 Å². The molecule has 0 atom stereocenters. The van der Waals surface area contributed by atoms with E-state index in [2.05, 4.69) is 48.1 Å². The summed E-state index contributed by atoms with van der Waals surface area (Å²) in [5.41, 5.74) is 0. The molecular weight excluding hydrogens is 274 g/mol. The summed E-state index contributed by atoms with van der Waals surface area (Å²) in [4.78, 5) is 2.70. The number of thiophene rings is 1. The maximum atomic E-state index is 5.44. The van der Waals surface area contributed by atoms with Crippen LogP contribution >= 0.6 is 27.3 Å². The monoisotopic (exact) mass is 291 g/mol. The normalized spacial score (nSPS) is 11.3. The zero-order valence-corrected chi connectivity index (χ0v) is 11.9. The lowest BCUT2D eigenvalue weighted by Gasteiger charge is -2.07. The summed E-state index contributed by atoms with van der Waals surface area (Å²) in [6, 6.07) is 2.18. The topological polar surface area (TPSA) is 21.3 Å². The minimum absolute atomic E-state index is 0.324. The number of aryl methyl sites for hydroxylation is 1. The van der Waals surface area contributed by atoms with Crippen LogP contribution in [-0.2, 0) is 11.3 Å². The van der Waals surface area contributed by atoms with E-state index in [1.165, 1.54) is 14.2 Å². The molecule has 1 aromatic rings. The predicted octanol–water partition coefficient (Wildman–Crippen LogP) is 3.33. The van der Waals surface area contributed by atoms with Gasteiger partial charge in [-0.15, -0.1) is 11.3 Å². The van der Waals surface area contributed by atoms with Crippen LogP contribution in [0, 0.1) is 6.92 Å². The molecule has 0 aliphatic carbocycles. The summed E-state index contributed by atoms with van der Waals surface area (Å²) in [6.45, 7) is 8.86. The average molecular weight is 292 g/mol. The van der Waals surface area contributed by atoms with Gasteiger partial charge in [-0.2, -0.15) is 0 Å². The molecule has 0 aromatic carbocycles. The number of halogens is 1. The van der Waals surface area contributed by atoms with Crippen LogP contribution in [0.2, 0.25) is 0 Å². The summed E-state index contributed by atoms with van der Waals surface area (Å²) >= 11 is 5.34. The van der Waals surface area contributed by atoms with E-state index in [0.29, 0.717) is 6.10 Å². The number of hydrogen-bond donors (Lipinski definition) is 1. The first-order valence-corrected chi connectivity index (χ1v) is 6.77. The van der Waals surface area contributed by atoms with E-state index < -0.39 is 0 Å². The molecule has 0 saturated heterocycles. The van der Waals surface area contributed by atoms with Gasteiger partial charge < -0.3 is 10.1 Å². The van der Waals surface area contributed by atoms with Crippen molar-refractivity contribution in [2.45, 2.75) is 33.4 Å². The first-order valence-electron chi connectivity index (χ1n) is 5.16. The molecule has 86 valence electrons. The van der Waals surface area contributed by atoms with Gasteiger partial charge in [0.25, 0.3) is 0 Å². The van der Waals surface area contributed by atoms with Crippen molar-refractivity contribution in [3.8, 4) is 0 Å². The molecule has 0 fully saturated rings. The Morgan fingerprint density at radius 3 is 2.80 bits per heavy atom. The van der Waals surface area contributed by atoms with Crippen LogP contribution in [-0.4, -0.2) is 19.3 Å². The van der Waals surface area contributed by atoms with E-state index in [9.17, 15) is 0 Å². The van der Waals surface area contributed by atoms with Gasteiger partial charge in [0.05, 0.1) is 12.7 Å². The third-order valence-corrected chi connectivity index (χ3v) is 4.07. The van der Waals surface area contributed by atoms with Crippen LogP contribution < -0.4 is 5.32 Å². The fourth-order valence-corrected chi connectivity index (χ4v) is 2.75. The summed E-state index contributed by atoms with van der Waals surface area (Å²) < 4.78 is 6.65. The molecule has 2 nitrogen and oxygen atoms in total. The van der Waals surface area contributed by atoms with Crippen LogP contribution in [0.3, 0.4) is 0 Å². The van der Waals surface area contributed by atoms with Gasteiger partial charge >= 0.3 is 0 Å². The Morgan fingerprint density at radius 1 is 1.53 bits per heavy atom. The van der Waals surface area contributed by atoms with Crippen molar-refractivity contribution in [3.05, 3.63) is 20.3 Å². The maximum absolute atomic E-state index is 5.44. The van der Waals surface area contributed by atoms with Crippen molar-refractivity contribution in [2.75, 3.05) is 13.2 Å². The highest BCUT2D eigenvalue weighted by molar-refractivity contribution is 9.10. The van der Waals surface area contributed by atoms with Crippen molar-refractivity contribution < 1.29 is 4.74 Å². The zero-order valence-electron chi connectivity index (χ0n) is 9.47. The summed E-state index contributed by atoms with van der Waals surface area (Å²) in [5.74, 6) is 0. The molecule has 1 rings (SSSR count). The van der Waals surface area contributed by atoms with Gasteiger partial charge in [0.15, 0.2) is 0 Å². The summed E-state index contributed by atoms with van der Waals surface area (Å²) in [6.07, 6.45) is 0.324. The fourth-order valence-electron chi connectivity index (χ4n) is 1.18. The Kier molecular flexibility index (Phi) is 5.82. The first kappa shape index (κ1) is 13.2. The standard InChI is InChI=1S/C11H18BrNOS/c1-8(2)14-5-4-13-7-10-6-11(12)9(3)15-10/h6,8,13H,4-5,7H2,1-3H3. The van der Waals surface area contributed by atoms with E-state index >= 15 is 0 Å². The number of ether oxygens (including phenoxy) is 1. The van der Waals surface area contributed by atoms with Crippen LogP contribution in [0.1, 0.15) is 23.6 Å². The molecule has 0 saturated carbocycles.